The highest BCUT2D eigenvalue weighted by molar-refractivity contribution is 7.15. The van der Waals surface area contributed by atoms with Crippen LogP contribution in [0.2, 0.25) is 0 Å². The molecule has 2 amide bonds. The predicted molar refractivity (Wildman–Crippen MR) is 108 cm³/mol. The second kappa shape index (κ2) is 7.23. The molecule has 2 aromatic heterocycles. The second-order valence-corrected chi connectivity index (χ2v) is 9.87. The molecule has 0 aromatic carbocycles. The van der Waals surface area contributed by atoms with Crippen molar-refractivity contribution >= 4 is 23.2 Å². The molecule has 8 heteroatoms. The molecule has 0 radical (unpaired) electrons. The van der Waals surface area contributed by atoms with Gasteiger partial charge in [0.1, 0.15) is 0 Å². The van der Waals surface area contributed by atoms with E-state index in [0.717, 1.165) is 24.1 Å². The van der Waals surface area contributed by atoms with Crippen LogP contribution in [0.3, 0.4) is 0 Å². The largest absolute Gasteiger partial charge is 0.339 e. The highest BCUT2D eigenvalue weighted by Gasteiger charge is 2.54. The van der Waals surface area contributed by atoms with E-state index in [-0.39, 0.29) is 23.7 Å². The number of carbonyl (C=O) groups excluding carboxylic acids is 2. The van der Waals surface area contributed by atoms with E-state index in [9.17, 15) is 9.59 Å². The van der Waals surface area contributed by atoms with Crippen molar-refractivity contribution in [3.63, 3.8) is 0 Å². The van der Waals surface area contributed by atoms with E-state index in [1.807, 2.05) is 15.9 Å². The minimum atomic E-state index is -0.0731. The van der Waals surface area contributed by atoms with Gasteiger partial charge in [0.05, 0.1) is 16.7 Å². The lowest BCUT2D eigenvalue weighted by Gasteiger charge is -2.38. The van der Waals surface area contributed by atoms with Crippen LogP contribution in [0.5, 0.6) is 0 Å². The van der Waals surface area contributed by atoms with E-state index in [1.54, 1.807) is 18.3 Å². The van der Waals surface area contributed by atoms with E-state index >= 15 is 0 Å². The van der Waals surface area contributed by atoms with Crippen LogP contribution in [0.25, 0.3) is 10.7 Å². The number of hydrogen-bond acceptors (Lipinski definition) is 6. The van der Waals surface area contributed by atoms with Gasteiger partial charge in [-0.3, -0.25) is 9.59 Å². The minimum Gasteiger partial charge on any atom is -0.339 e. The van der Waals surface area contributed by atoms with E-state index in [0.29, 0.717) is 49.7 Å². The van der Waals surface area contributed by atoms with Crippen molar-refractivity contribution in [2.24, 2.45) is 17.8 Å². The summed E-state index contributed by atoms with van der Waals surface area (Å²) in [5.74, 6) is 2.34. The predicted octanol–water partition coefficient (Wildman–Crippen LogP) is 2.93. The second-order valence-electron chi connectivity index (χ2n) is 8.58. The smallest absolute Gasteiger partial charge is 0.231 e. The van der Waals surface area contributed by atoms with Crippen molar-refractivity contribution < 1.29 is 14.1 Å². The van der Waals surface area contributed by atoms with E-state index in [2.05, 4.69) is 18.1 Å². The SMILES string of the molecule is CC(=O)N1CCN(C(=O)[C@H]2[C@H]3CC[C@H](C3)[C@@H]2c2nc(-c3ccc(C)s3)no2)CC1. The number of aryl methyl sites for hydroxylation is 1. The van der Waals surface area contributed by atoms with Crippen molar-refractivity contribution in [1.29, 1.82) is 0 Å². The van der Waals surface area contributed by atoms with Gasteiger partial charge in [-0.15, -0.1) is 11.3 Å². The summed E-state index contributed by atoms with van der Waals surface area (Å²) in [5, 5.41) is 4.22. The van der Waals surface area contributed by atoms with E-state index in [4.69, 9.17) is 9.51 Å². The molecule has 3 heterocycles. The van der Waals surface area contributed by atoms with Crippen LogP contribution < -0.4 is 0 Å². The molecule has 0 N–H and O–H groups in total. The maximum absolute atomic E-state index is 13.5. The van der Waals surface area contributed by atoms with Crippen LogP contribution in [0.15, 0.2) is 16.7 Å². The first-order valence-electron chi connectivity index (χ1n) is 10.5. The van der Waals surface area contributed by atoms with Crippen LogP contribution in [-0.4, -0.2) is 57.9 Å². The van der Waals surface area contributed by atoms with Gasteiger partial charge in [0, 0.05) is 38.0 Å². The molecule has 1 saturated heterocycles. The molecule has 7 nitrogen and oxygen atoms in total. The number of amides is 2. The Morgan fingerprint density at radius 1 is 1.10 bits per heavy atom. The third-order valence-corrected chi connectivity index (χ3v) is 7.92. The Bertz CT molecular complexity index is 930. The van der Waals surface area contributed by atoms with Gasteiger partial charge >= 0.3 is 0 Å². The van der Waals surface area contributed by atoms with Gasteiger partial charge in [-0.1, -0.05) is 5.16 Å². The first kappa shape index (κ1) is 18.8. The fraction of sp³-hybridized carbons (Fsp3) is 0.619. The summed E-state index contributed by atoms with van der Waals surface area (Å²) in [6.07, 6.45) is 3.31. The molecule has 1 aliphatic heterocycles. The standard InChI is InChI=1S/C21H26N4O3S/c1-12-3-6-16(29-12)19-22-20(28-23-19)17-14-4-5-15(11-14)18(17)21(27)25-9-7-24(8-10-25)13(2)26/h3,6,14-15,17-18H,4-5,7-11H2,1-2H3/t14-,15+,17+,18+/m1/s1. The quantitative estimate of drug-likeness (QED) is 0.772. The van der Waals surface area contributed by atoms with Crippen LogP contribution in [0.4, 0.5) is 0 Å². The van der Waals surface area contributed by atoms with Gasteiger partial charge in [-0.05, 0) is 50.2 Å². The summed E-state index contributed by atoms with van der Waals surface area (Å²) in [7, 11) is 0. The summed E-state index contributed by atoms with van der Waals surface area (Å²) in [5.41, 5.74) is 0. The molecule has 2 aliphatic carbocycles. The Morgan fingerprint density at radius 3 is 2.52 bits per heavy atom. The highest BCUT2D eigenvalue weighted by atomic mass is 32.1. The Balaban J connectivity index is 1.36. The van der Waals surface area contributed by atoms with Gasteiger partial charge in [-0.2, -0.15) is 4.98 Å². The Labute approximate surface area is 174 Å². The third kappa shape index (κ3) is 3.27. The molecule has 2 saturated carbocycles. The fourth-order valence-electron chi connectivity index (χ4n) is 5.48. The average Bonchev–Trinajstić information content (AvgIpc) is 3.50. The molecule has 0 spiro atoms. The number of nitrogens with zero attached hydrogens (tertiary/aromatic N) is 4. The molecular formula is C21H26N4O3S. The van der Waals surface area contributed by atoms with Gasteiger partial charge in [0.15, 0.2) is 0 Å². The van der Waals surface area contributed by atoms with Crippen molar-refractivity contribution in [2.75, 3.05) is 26.2 Å². The Kier molecular flexibility index (Phi) is 4.69. The Hall–Kier alpha value is -2.22. The van der Waals surface area contributed by atoms with Crippen LogP contribution in [-0.2, 0) is 9.59 Å². The molecule has 2 bridgehead atoms. The zero-order valence-electron chi connectivity index (χ0n) is 16.8. The van der Waals surface area contributed by atoms with Gasteiger partial charge in [0.2, 0.25) is 23.5 Å². The number of aromatic nitrogens is 2. The average molecular weight is 415 g/mol. The number of hydrogen-bond donors (Lipinski definition) is 0. The number of piperazine rings is 1. The lowest BCUT2D eigenvalue weighted by atomic mass is 9.78. The van der Waals surface area contributed by atoms with Crippen LogP contribution in [0, 0.1) is 24.7 Å². The zero-order chi connectivity index (χ0) is 20.1. The summed E-state index contributed by atoms with van der Waals surface area (Å²) in [6, 6.07) is 4.08. The maximum atomic E-state index is 13.5. The minimum absolute atomic E-state index is 0.0226. The normalized spacial score (nSPS) is 28.9. The molecule has 4 atom stereocenters. The summed E-state index contributed by atoms with van der Waals surface area (Å²) >= 11 is 1.65. The maximum Gasteiger partial charge on any atom is 0.231 e. The first-order chi connectivity index (χ1) is 14.0. The van der Waals surface area contributed by atoms with Crippen molar-refractivity contribution in [3.05, 3.63) is 22.9 Å². The molecule has 3 fully saturated rings. The molecule has 154 valence electrons. The lowest BCUT2D eigenvalue weighted by molar-refractivity contribution is -0.143. The topological polar surface area (TPSA) is 79.5 Å². The molecule has 29 heavy (non-hydrogen) atoms. The summed E-state index contributed by atoms with van der Waals surface area (Å²) in [6.45, 7) is 6.12. The molecule has 0 unspecified atom stereocenters. The molecular weight excluding hydrogens is 388 g/mol. The number of thiophene rings is 1. The van der Waals surface area contributed by atoms with E-state index in [1.165, 1.54) is 4.88 Å². The highest BCUT2D eigenvalue weighted by Crippen LogP contribution is 2.57. The van der Waals surface area contributed by atoms with Gasteiger partial charge in [0.25, 0.3) is 0 Å². The monoisotopic (exact) mass is 414 g/mol. The lowest BCUT2D eigenvalue weighted by Crippen LogP contribution is -2.52. The molecule has 5 rings (SSSR count). The zero-order valence-corrected chi connectivity index (χ0v) is 17.7. The summed E-state index contributed by atoms with van der Waals surface area (Å²) in [4.78, 5) is 35.7. The number of rotatable bonds is 3. The van der Waals surface area contributed by atoms with Crippen molar-refractivity contribution in [3.8, 4) is 10.7 Å². The molecule has 2 aromatic rings. The van der Waals surface area contributed by atoms with Crippen molar-refractivity contribution in [2.45, 2.75) is 39.0 Å². The first-order valence-corrected chi connectivity index (χ1v) is 11.3. The number of fused-ring (bicyclic) bond motifs is 2. The van der Waals surface area contributed by atoms with Crippen LogP contribution in [0.1, 0.15) is 42.9 Å². The van der Waals surface area contributed by atoms with Gasteiger partial charge in [-0.25, -0.2) is 0 Å². The third-order valence-electron chi connectivity index (χ3n) is 6.93. The van der Waals surface area contributed by atoms with E-state index < -0.39 is 0 Å². The summed E-state index contributed by atoms with van der Waals surface area (Å²) < 4.78 is 5.70. The fourth-order valence-corrected chi connectivity index (χ4v) is 6.27. The number of carbonyl (C=O) groups is 2. The van der Waals surface area contributed by atoms with Gasteiger partial charge < -0.3 is 14.3 Å². The van der Waals surface area contributed by atoms with Crippen molar-refractivity contribution in [1.82, 2.24) is 19.9 Å². The Morgan fingerprint density at radius 2 is 1.83 bits per heavy atom. The molecule has 3 aliphatic rings. The van der Waals surface area contributed by atoms with Crippen LogP contribution >= 0.6 is 11.3 Å².